The van der Waals surface area contributed by atoms with Crippen molar-refractivity contribution in [3.05, 3.63) is 69.8 Å². The van der Waals surface area contributed by atoms with E-state index in [0.29, 0.717) is 23.5 Å². The van der Waals surface area contributed by atoms with Gasteiger partial charge in [-0.15, -0.1) is 0 Å². The summed E-state index contributed by atoms with van der Waals surface area (Å²) in [5, 5.41) is 13.4. The van der Waals surface area contributed by atoms with Crippen LogP contribution in [0.25, 0.3) is 11.3 Å². The monoisotopic (exact) mass is 452 g/mol. The van der Waals surface area contributed by atoms with Crippen LogP contribution in [-0.2, 0) is 13.5 Å². The normalized spacial score (nSPS) is 10.4. The van der Waals surface area contributed by atoms with Crippen molar-refractivity contribution in [1.29, 1.82) is 5.26 Å². The van der Waals surface area contributed by atoms with Gasteiger partial charge in [-0.3, -0.25) is 9.48 Å². The Labute approximate surface area is 178 Å². The molecule has 7 heteroatoms. The van der Waals surface area contributed by atoms with Crippen LogP contribution in [0.4, 0.5) is 0 Å². The molecule has 1 amide bonds. The lowest BCUT2D eigenvalue weighted by molar-refractivity contribution is 0.0786. The minimum atomic E-state index is -0.0903. The van der Waals surface area contributed by atoms with Gasteiger partial charge in [-0.05, 0) is 58.2 Å². The molecule has 0 fully saturated rings. The summed E-state index contributed by atoms with van der Waals surface area (Å²) in [7, 11) is 5.18. The number of nitriles is 1. The van der Waals surface area contributed by atoms with Gasteiger partial charge in [0.15, 0.2) is 0 Å². The standard InChI is InChI=1S/C22H21BrN4O2/c1-26(11-10-15-6-9-21(29-3)18(23)12-15)22(28)20-13-19(25-27(20)2)17-7-4-16(14-24)5-8-17/h4-9,12-13H,10-11H2,1-3H3. The number of aryl methyl sites for hydroxylation is 1. The second-order valence-corrected chi connectivity index (χ2v) is 7.53. The van der Waals surface area contributed by atoms with Crippen LogP contribution in [0.3, 0.4) is 0 Å². The molecule has 0 radical (unpaired) electrons. The minimum absolute atomic E-state index is 0.0903. The van der Waals surface area contributed by atoms with Gasteiger partial charge in [0.05, 0.1) is 28.9 Å². The maximum absolute atomic E-state index is 12.9. The first-order valence-corrected chi connectivity index (χ1v) is 9.84. The van der Waals surface area contributed by atoms with E-state index in [1.165, 1.54) is 0 Å². The first-order chi connectivity index (χ1) is 13.9. The largest absolute Gasteiger partial charge is 0.496 e. The predicted molar refractivity (Wildman–Crippen MR) is 115 cm³/mol. The second-order valence-electron chi connectivity index (χ2n) is 6.67. The van der Waals surface area contributed by atoms with E-state index in [0.717, 1.165) is 27.8 Å². The molecule has 3 rings (SSSR count). The van der Waals surface area contributed by atoms with E-state index >= 15 is 0 Å². The van der Waals surface area contributed by atoms with E-state index in [1.807, 2.05) is 30.3 Å². The van der Waals surface area contributed by atoms with Gasteiger partial charge in [0, 0.05) is 26.2 Å². The Balaban J connectivity index is 1.70. The van der Waals surface area contributed by atoms with Crippen LogP contribution < -0.4 is 4.74 Å². The number of ether oxygens (including phenoxy) is 1. The number of halogens is 1. The number of carbonyl (C=O) groups excluding carboxylic acids is 1. The van der Waals surface area contributed by atoms with Gasteiger partial charge >= 0.3 is 0 Å². The summed E-state index contributed by atoms with van der Waals surface area (Å²) in [6.07, 6.45) is 0.727. The molecular formula is C22H21BrN4O2. The van der Waals surface area contributed by atoms with Gasteiger partial charge in [-0.25, -0.2) is 0 Å². The fraction of sp³-hybridized carbons (Fsp3) is 0.227. The molecule has 0 bridgehead atoms. The topological polar surface area (TPSA) is 71.2 Å². The van der Waals surface area contributed by atoms with Crippen molar-refractivity contribution in [3.63, 3.8) is 0 Å². The van der Waals surface area contributed by atoms with Crippen molar-refractivity contribution in [2.45, 2.75) is 6.42 Å². The zero-order chi connectivity index (χ0) is 21.0. The van der Waals surface area contributed by atoms with Crippen molar-refractivity contribution in [2.75, 3.05) is 20.7 Å². The van der Waals surface area contributed by atoms with Gasteiger partial charge in [0.2, 0.25) is 0 Å². The third-order valence-electron chi connectivity index (χ3n) is 4.71. The number of likely N-dealkylation sites (N-methyl/N-ethyl adjacent to an activating group) is 1. The van der Waals surface area contributed by atoms with Crippen LogP contribution in [0.5, 0.6) is 5.75 Å². The predicted octanol–water partition coefficient (Wildman–Crippen LogP) is 4.04. The van der Waals surface area contributed by atoms with Crippen molar-refractivity contribution in [1.82, 2.24) is 14.7 Å². The summed E-state index contributed by atoms with van der Waals surface area (Å²) in [4.78, 5) is 14.6. The number of hydrogen-bond acceptors (Lipinski definition) is 4. The number of benzene rings is 2. The number of carbonyl (C=O) groups is 1. The van der Waals surface area contributed by atoms with E-state index in [2.05, 4.69) is 27.1 Å². The fourth-order valence-corrected chi connectivity index (χ4v) is 3.57. The van der Waals surface area contributed by atoms with Crippen molar-refractivity contribution in [3.8, 4) is 23.1 Å². The smallest absolute Gasteiger partial charge is 0.271 e. The Morgan fingerprint density at radius 1 is 1.24 bits per heavy atom. The highest BCUT2D eigenvalue weighted by atomic mass is 79.9. The van der Waals surface area contributed by atoms with Gasteiger partial charge < -0.3 is 9.64 Å². The van der Waals surface area contributed by atoms with Crippen molar-refractivity contribution < 1.29 is 9.53 Å². The molecule has 0 atom stereocenters. The SMILES string of the molecule is COc1ccc(CCN(C)C(=O)c2cc(-c3ccc(C#N)cc3)nn2C)cc1Br. The van der Waals surface area contributed by atoms with Gasteiger partial charge in [0.25, 0.3) is 5.91 Å². The van der Waals surface area contributed by atoms with Gasteiger partial charge in [-0.1, -0.05) is 18.2 Å². The van der Waals surface area contributed by atoms with E-state index in [4.69, 9.17) is 10.00 Å². The number of rotatable bonds is 6. The first kappa shape index (κ1) is 20.6. The Morgan fingerprint density at radius 2 is 1.97 bits per heavy atom. The lowest BCUT2D eigenvalue weighted by Gasteiger charge is -2.17. The molecule has 0 aliphatic carbocycles. The lowest BCUT2D eigenvalue weighted by atomic mass is 10.1. The number of hydrogen-bond donors (Lipinski definition) is 0. The molecule has 29 heavy (non-hydrogen) atoms. The van der Waals surface area contributed by atoms with Crippen molar-refractivity contribution >= 4 is 21.8 Å². The lowest BCUT2D eigenvalue weighted by Crippen LogP contribution is -2.30. The van der Waals surface area contributed by atoms with Crippen LogP contribution in [-0.4, -0.2) is 41.3 Å². The quantitative estimate of drug-likeness (QED) is 0.565. The summed E-state index contributed by atoms with van der Waals surface area (Å²) >= 11 is 3.49. The van der Waals surface area contributed by atoms with E-state index in [-0.39, 0.29) is 5.91 Å². The molecular weight excluding hydrogens is 432 g/mol. The maximum Gasteiger partial charge on any atom is 0.271 e. The molecule has 0 saturated carbocycles. The molecule has 0 N–H and O–H groups in total. The third-order valence-corrected chi connectivity index (χ3v) is 5.33. The van der Waals surface area contributed by atoms with E-state index in [9.17, 15) is 4.79 Å². The van der Waals surface area contributed by atoms with Gasteiger partial charge in [0.1, 0.15) is 11.4 Å². The molecule has 1 heterocycles. The first-order valence-electron chi connectivity index (χ1n) is 9.05. The van der Waals surface area contributed by atoms with E-state index in [1.54, 1.807) is 49.0 Å². The Kier molecular flexibility index (Phi) is 6.35. The molecule has 6 nitrogen and oxygen atoms in total. The molecule has 148 valence electrons. The van der Waals surface area contributed by atoms with E-state index < -0.39 is 0 Å². The zero-order valence-electron chi connectivity index (χ0n) is 16.5. The summed E-state index contributed by atoms with van der Waals surface area (Å²) in [5.41, 5.74) is 3.78. The maximum atomic E-state index is 12.9. The Morgan fingerprint density at radius 3 is 2.59 bits per heavy atom. The number of methoxy groups -OCH3 is 1. The highest BCUT2D eigenvalue weighted by molar-refractivity contribution is 9.10. The highest BCUT2D eigenvalue weighted by Crippen LogP contribution is 2.26. The number of nitrogens with zero attached hydrogens (tertiary/aromatic N) is 4. The molecule has 0 spiro atoms. The van der Waals surface area contributed by atoms with Crippen LogP contribution >= 0.6 is 15.9 Å². The summed E-state index contributed by atoms with van der Waals surface area (Å²) in [6, 6.07) is 16.9. The number of aromatic nitrogens is 2. The highest BCUT2D eigenvalue weighted by Gasteiger charge is 2.18. The molecule has 0 aliphatic rings. The van der Waals surface area contributed by atoms with Crippen LogP contribution in [0.1, 0.15) is 21.6 Å². The molecule has 1 aromatic heterocycles. The zero-order valence-corrected chi connectivity index (χ0v) is 18.1. The van der Waals surface area contributed by atoms with Crippen LogP contribution in [0, 0.1) is 11.3 Å². The summed E-state index contributed by atoms with van der Waals surface area (Å²) in [6.45, 7) is 0.578. The average molecular weight is 453 g/mol. The molecule has 0 aliphatic heterocycles. The fourth-order valence-electron chi connectivity index (χ4n) is 2.98. The number of amides is 1. The summed E-state index contributed by atoms with van der Waals surface area (Å²) in [5.74, 6) is 0.691. The van der Waals surface area contributed by atoms with Crippen molar-refractivity contribution in [2.24, 2.45) is 7.05 Å². The third kappa shape index (κ3) is 4.66. The Bertz CT molecular complexity index is 1070. The second kappa shape index (κ2) is 8.93. The van der Waals surface area contributed by atoms with Gasteiger partial charge in [-0.2, -0.15) is 10.4 Å². The molecule has 2 aromatic carbocycles. The summed E-state index contributed by atoms with van der Waals surface area (Å²) < 4.78 is 7.74. The minimum Gasteiger partial charge on any atom is -0.496 e. The van der Waals surface area contributed by atoms with Crippen LogP contribution in [0.15, 0.2) is 53.0 Å². The van der Waals surface area contributed by atoms with Crippen LogP contribution in [0.2, 0.25) is 0 Å². The Hall–Kier alpha value is -3.11. The molecule has 0 unspecified atom stereocenters. The molecule has 3 aromatic rings. The molecule has 0 saturated heterocycles. The average Bonchev–Trinajstić information content (AvgIpc) is 3.13.